The van der Waals surface area contributed by atoms with Gasteiger partial charge in [-0.05, 0) is 0 Å². The van der Waals surface area contributed by atoms with Gasteiger partial charge in [0.05, 0.1) is 6.61 Å². The summed E-state index contributed by atoms with van der Waals surface area (Å²) in [4.78, 5) is 10.2. The molecular formula is C3H6O7S. The van der Waals surface area contributed by atoms with Gasteiger partial charge in [0.25, 0.3) is 0 Å². The van der Waals surface area contributed by atoms with Crippen LogP contribution >= 0.6 is 0 Å². The normalized spacial score (nSPS) is 14.1. The first-order valence-corrected chi connectivity index (χ1v) is 3.73. The smallest absolute Gasteiger partial charge is 0.393 e. The van der Waals surface area contributed by atoms with Gasteiger partial charge in [0.15, 0.2) is 6.10 Å². The van der Waals surface area contributed by atoms with Crippen LogP contribution in [0.25, 0.3) is 0 Å². The standard InChI is InChI=1S/C3H6O7S/c4-1-2(5)3(6)10-11(7,8)9/h2,4-5H,1H2,(H,7,8,9). The molecule has 0 aliphatic heterocycles. The molecule has 1 unspecified atom stereocenters. The summed E-state index contributed by atoms with van der Waals surface area (Å²) in [6.07, 6.45) is -1.96. The quantitative estimate of drug-likeness (QED) is 0.423. The fourth-order valence-electron chi connectivity index (χ4n) is 0.234. The van der Waals surface area contributed by atoms with Gasteiger partial charge in [-0.1, -0.05) is 0 Å². The van der Waals surface area contributed by atoms with Crippen molar-refractivity contribution in [2.45, 2.75) is 6.10 Å². The molecule has 7 nitrogen and oxygen atoms in total. The molecule has 0 rings (SSSR count). The van der Waals surface area contributed by atoms with Gasteiger partial charge in [0, 0.05) is 0 Å². The molecule has 0 aromatic heterocycles. The third-order valence-corrected chi connectivity index (χ3v) is 1.01. The summed E-state index contributed by atoms with van der Waals surface area (Å²) in [5.41, 5.74) is 0. The fourth-order valence-corrected chi connectivity index (χ4v) is 0.553. The van der Waals surface area contributed by atoms with Gasteiger partial charge in [-0.15, -0.1) is 0 Å². The highest BCUT2D eigenvalue weighted by molar-refractivity contribution is 7.81. The first kappa shape index (κ1) is 10.3. The Labute approximate surface area is 62.2 Å². The highest BCUT2D eigenvalue weighted by Gasteiger charge is 2.20. The van der Waals surface area contributed by atoms with Gasteiger partial charge >= 0.3 is 16.4 Å². The average Bonchev–Trinajstić information content (AvgIpc) is 1.82. The van der Waals surface area contributed by atoms with Crippen molar-refractivity contribution in [1.29, 1.82) is 0 Å². The predicted octanol–water partition coefficient (Wildman–Crippen LogP) is -2.31. The molecule has 0 spiro atoms. The minimum atomic E-state index is -4.90. The lowest BCUT2D eigenvalue weighted by atomic mass is 10.4. The van der Waals surface area contributed by atoms with Gasteiger partial charge in [0.2, 0.25) is 0 Å². The molecule has 0 aliphatic carbocycles. The van der Waals surface area contributed by atoms with Crippen molar-refractivity contribution >= 4 is 16.4 Å². The molecule has 0 saturated heterocycles. The van der Waals surface area contributed by atoms with E-state index >= 15 is 0 Å². The minimum absolute atomic E-state index is 0.978. The van der Waals surface area contributed by atoms with Crippen molar-refractivity contribution in [3.63, 3.8) is 0 Å². The first-order valence-electron chi connectivity index (χ1n) is 2.36. The molecule has 3 N–H and O–H groups in total. The Bertz CT molecular complexity index is 228. The lowest BCUT2D eigenvalue weighted by molar-refractivity contribution is -0.145. The van der Waals surface area contributed by atoms with E-state index in [2.05, 4.69) is 4.18 Å². The van der Waals surface area contributed by atoms with Gasteiger partial charge in [0.1, 0.15) is 0 Å². The summed E-state index contributed by atoms with van der Waals surface area (Å²) in [5, 5.41) is 16.5. The number of hydrogen-bond donors (Lipinski definition) is 3. The van der Waals surface area contributed by atoms with Gasteiger partial charge in [-0.2, -0.15) is 8.42 Å². The first-order chi connectivity index (χ1) is 4.87. The largest absolute Gasteiger partial charge is 0.449 e. The van der Waals surface area contributed by atoms with E-state index in [1.165, 1.54) is 0 Å². The SMILES string of the molecule is O=C(OS(=O)(=O)O)C(O)CO. The van der Waals surface area contributed by atoms with Crippen molar-refractivity contribution in [2.24, 2.45) is 0 Å². The zero-order chi connectivity index (χ0) is 9.07. The summed E-state index contributed by atoms with van der Waals surface area (Å²) in [6.45, 7) is -0.978. The maximum absolute atomic E-state index is 10.2. The Kier molecular flexibility index (Phi) is 3.39. The van der Waals surface area contributed by atoms with Crippen LogP contribution in [0.2, 0.25) is 0 Å². The molecule has 0 aliphatic rings. The molecule has 0 aromatic carbocycles. The van der Waals surface area contributed by atoms with Crippen molar-refractivity contribution < 1.29 is 32.2 Å². The summed E-state index contributed by atoms with van der Waals surface area (Å²) in [6, 6.07) is 0. The predicted molar refractivity (Wildman–Crippen MR) is 30.7 cm³/mol. The second kappa shape index (κ2) is 3.62. The Morgan fingerprint density at radius 3 is 2.27 bits per heavy atom. The van der Waals surface area contributed by atoms with Crippen molar-refractivity contribution in [1.82, 2.24) is 0 Å². The van der Waals surface area contributed by atoms with Crippen LogP contribution in [0.5, 0.6) is 0 Å². The van der Waals surface area contributed by atoms with Crippen LogP contribution < -0.4 is 0 Å². The van der Waals surface area contributed by atoms with Gasteiger partial charge < -0.3 is 14.4 Å². The Balaban J connectivity index is 4.10. The lowest BCUT2D eigenvalue weighted by Crippen LogP contribution is -2.28. The molecule has 8 heteroatoms. The summed E-state index contributed by atoms with van der Waals surface area (Å²) >= 11 is 0. The van der Waals surface area contributed by atoms with E-state index < -0.39 is 29.1 Å². The molecule has 0 bridgehead atoms. The molecule has 0 saturated carbocycles. The molecular weight excluding hydrogens is 180 g/mol. The van der Waals surface area contributed by atoms with Crippen molar-refractivity contribution in [3.05, 3.63) is 0 Å². The van der Waals surface area contributed by atoms with Crippen LogP contribution in [0.15, 0.2) is 0 Å². The maximum Gasteiger partial charge on any atom is 0.449 e. The summed E-state index contributed by atoms with van der Waals surface area (Å²) < 4.78 is 30.7. The second-order valence-electron chi connectivity index (χ2n) is 1.53. The van der Waals surface area contributed by atoms with Crippen LogP contribution in [0.3, 0.4) is 0 Å². The molecule has 66 valence electrons. The van der Waals surface area contributed by atoms with E-state index in [1.54, 1.807) is 0 Å². The van der Waals surface area contributed by atoms with E-state index in [-0.39, 0.29) is 0 Å². The molecule has 0 radical (unpaired) electrons. The minimum Gasteiger partial charge on any atom is -0.393 e. The molecule has 11 heavy (non-hydrogen) atoms. The van der Waals surface area contributed by atoms with Gasteiger partial charge in [-0.25, -0.2) is 4.79 Å². The van der Waals surface area contributed by atoms with E-state index in [0.29, 0.717) is 0 Å². The number of rotatable bonds is 3. The zero-order valence-corrected chi connectivity index (χ0v) is 5.98. The summed E-state index contributed by atoms with van der Waals surface area (Å²) in [5.74, 6) is -1.63. The molecule has 0 aromatic rings. The van der Waals surface area contributed by atoms with Crippen LogP contribution in [-0.4, -0.2) is 41.9 Å². The third kappa shape index (κ3) is 4.67. The topological polar surface area (TPSA) is 121 Å². The van der Waals surface area contributed by atoms with E-state index in [0.717, 1.165) is 0 Å². The molecule has 0 heterocycles. The fraction of sp³-hybridized carbons (Fsp3) is 0.667. The van der Waals surface area contributed by atoms with E-state index in [9.17, 15) is 13.2 Å². The van der Waals surface area contributed by atoms with Crippen LogP contribution in [0, 0.1) is 0 Å². The Morgan fingerprint density at radius 1 is 1.55 bits per heavy atom. The van der Waals surface area contributed by atoms with Crippen molar-refractivity contribution in [2.75, 3.05) is 6.61 Å². The molecule has 0 amide bonds. The zero-order valence-electron chi connectivity index (χ0n) is 5.17. The Hall–Kier alpha value is -0.700. The van der Waals surface area contributed by atoms with E-state index in [4.69, 9.17) is 14.8 Å². The van der Waals surface area contributed by atoms with E-state index in [1.807, 2.05) is 0 Å². The maximum atomic E-state index is 10.2. The van der Waals surface area contributed by atoms with Gasteiger partial charge in [-0.3, -0.25) is 4.55 Å². The molecule has 1 atom stereocenters. The third-order valence-electron chi connectivity index (χ3n) is 0.632. The summed E-state index contributed by atoms with van der Waals surface area (Å²) in [7, 11) is -4.90. The van der Waals surface area contributed by atoms with Crippen LogP contribution in [-0.2, 0) is 19.4 Å². The highest BCUT2D eigenvalue weighted by atomic mass is 32.3. The number of aliphatic hydroxyl groups excluding tert-OH is 2. The number of aliphatic hydroxyl groups is 2. The second-order valence-corrected chi connectivity index (χ2v) is 2.55. The monoisotopic (exact) mass is 186 g/mol. The molecule has 0 fully saturated rings. The number of hydrogen-bond acceptors (Lipinski definition) is 6. The van der Waals surface area contributed by atoms with Crippen molar-refractivity contribution in [3.8, 4) is 0 Å². The Morgan fingerprint density at radius 2 is 2.00 bits per heavy atom. The number of carbonyl (C=O) groups excluding carboxylic acids is 1. The number of carbonyl (C=O) groups is 1. The van der Waals surface area contributed by atoms with Crippen LogP contribution in [0.4, 0.5) is 0 Å². The lowest BCUT2D eigenvalue weighted by Gasteiger charge is -2.03. The van der Waals surface area contributed by atoms with Crippen LogP contribution in [0.1, 0.15) is 0 Å². The average molecular weight is 186 g/mol. The highest BCUT2D eigenvalue weighted by Crippen LogP contribution is 1.92.